The molecule has 3 aromatic rings. The normalized spacial score (nSPS) is 11.8. The fourth-order valence-corrected chi connectivity index (χ4v) is 5.12. The van der Waals surface area contributed by atoms with Crippen molar-refractivity contribution in [2.45, 2.75) is 44.8 Å². The van der Waals surface area contributed by atoms with Gasteiger partial charge in [-0.1, -0.05) is 54.6 Å². The van der Waals surface area contributed by atoms with Gasteiger partial charge in [-0.05, 0) is 53.8 Å². The number of methoxy groups -OCH3 is 3. The van der Waals surface area contributed by atoms with Crippen LogP contribution in [0.5, 0.6) is 11.5 Å². The van der Waals surface area contributed by atoms with Crippen LogP contribution < -0.4 is 14.8 Å². The van der Waals surface area contributed by atoms with Gasteiger partial charge in [0.15, 0.2) is 0 Å². The first-order chi connectivity index (χ1) is 20.3. The predicted octanol–water partition coefficient (Wildman–Crippen LogP) is 5.57. The van der Waals surface area contributed by atoms with Crippen LogP contribution in [0.25, 0.3) is 0 Å². The van der Waals surface area contributed by atoms with Crippen molar-refractivity contribution in [2.24, 2.45) is 0 Å². The van der Waals surface area contributed by atoms with E-state index in [2.05, 4.69) is 36.6 Å². The van der Waals surface area contributed by atoms with E-state index in [4.69, 9.17) is 18.9 Å². The van der Waals surface area contributed by atoms with Crippen LogP contribution in [0.4, 0.5) is 4.79 Å². The molecule has 3 rings (SSSR count). The zero-order chi connectivity index (χ0) is 30.2. The molecule has 0 saturated heterocycles. The molecule has 0 radical (unpaired) electrons. The van der Waals surface area contributed by atoms with E-state index in [-0.39, 0.29) is 19.0 Å². The van der Waals surface area contributed by atoms with E-state index in [1.165, 1.54) is 18.2 Å². The summed E-state index contributed by atoms with van der Waals surface area (Å²) < 4.78 is 21.7. The van der Waals surface area contributed by atoms with Crippen molar-refractivity contribution in [1.82, 2.24) is 5.32 Å². The van der Waals surface area contributed by atoms with Gasteiger partial charge in [-0.15, -0.1) is 0 Å². The summed E-state index contributed by atoms with van der Waals surface area (Å²) in [5.74, 6) is 1.31. The molecule has 1 atom stereocenters. The van der Waals surface area contributed by atoms with Gasteiger partial charge in [0.2, 0.25) is 0 Å². The van der Waals surface area contributed by atoms with Crippen molar-refractivity contribution in [3.05, 3.63) is 95.6 Å². The fraction of sp³-hybridized carbons (Fsp3) is 0.412. The van der Waals surface area contributed by atoms with Gasteiger partial charge >= 0.3 is 12.1 Å². The van der Waals surface area contributed by atoms with E-state index in [1.807, 2.05) is 54.6 Å². The molecule has 0 saturated carbocycles. The third-order valence-corrected chi connectivity index (χ3v) is 7.48. The highest BCUT2D eigenvalue weighted by atomic mass is 16.5. The Balaban J connectivity index is 1.67. The third-order valence-electron chi connectivity index (χ3n) is 7.48. The van der Waals surface area contributed by atoms with Gasteiger partial charge in [-0.25, -0.2) is 4.79 Å². The Morgan fingerprint density at radius 3 is 1.74 bits per heavy atom. The second-order valence-electron chi connectivity index (χ2n) is 10.8. The zero-order valence-electron chi connectivity index (χ0n) is 25.3. The Hall–Kier alpha value is -4.04. The van der Waals surface area contributed by atoms with Crippen molar-refractivity contribution in [1.29, 1.82) is 0 Å². The van der Waals surface area contributed by atoms with Crippen LogP contribution in [-0.4, -0.2) is 70.6 Å². The van der Waals surface area contributed by atoms with Crippen molar-refractivity contribution < 1.29 is 33.0 Å². The minimum Gasteiger partial charge on any atom is -0.497 e. The molecular formula is C34H45N2O6+. The summed E-state index contributed by atoms with van der Waals surface area (Å²) in [6, 6.07) is 25.4. The van der Waals surface area contributed by atoms with E-state index in [1.54, 1.807) is 14.2 Å². The molecule has 226 valence electrons. The second kappa shape index (κ2) is 17.0. The van der Waals surface area contributed by atoms with Gasteiger partial charge in [0.1, 0.15) is 18.1 Å². The molecule has 0 unspecified atom stereocenters. The minimum atomic E-state index is -0.546. The maximum Gasteiger partial charge on any atom is 0.407 e. The summed E-state index contributed by atoms with van der Waals surface area (Å²) in [5, 5.41) is 2.94. The number of rotatable bonds is 17. The summed E-state index contributed by atoms with van der Waals surface area (Å²) >= 11 is 0. The number of amides is 1. The molecular weight excluding hydrogens is 532 g/mol. The number of aryl methyl sites for hydroxylation is 2. The molecule has 8 heteroatoms. The first kappa shape index (κ1) is 32.5. The molecule has 0 aromatic heterocycles. The van der Waals surface area contributed by atoms with Gasteiger partial charge in [0, 0.05) is 12.8 Å². The van der Waals surface area contributed by atoms with Crippen LogP contribution in [0, 0.1) is 0 Å². The average molecular weight is 578 g/mol. The largest absolute Gasteiger partial charge is 0.497 e. The highest BCUT2D eigenvalue weighted by molar-refractivity contribution is 5.72. The number of carbonyl (C=O) groups excluding carboxylic acids is 2. The molecule has 1 amide bonds. The first-order valence-corrected chi connectivity index (χ1v) is 14.5. The highest BCUT2D eigenvalue weighted by Gasteiger charge is 2.29. The molecule has 42 heavy (non-hydrogen) atoms. The van der Waals surface area contributed by atoms with E-state index < -0.39 is 12.1 Å². The molecule has 0 bridgehead atoms. The number of hydrogen-bond donors (Lipinski definition) is 1. The van der Waals surface area contributed by atoms with Crippen LogP contribution >= 0.6 is 0 Å². The average Bonchev–Trinajstić information content (AvgIpc) is 3.01. The standard InChI is InChI=1S/C34H44N2O6/c1-36(22-8-12-27-14-18-31(39-2)19-15-27,23-9-13-28-16-20-32(40-3)21-17-28)25-30(24-33(37)41-4)35-34(38)42-26-29-10-6-5-7-11-29/h5-7,10-11,14-21,30H,8-9,12-13,22-26H2,1-4H3/p+1/t30-/m1/s1. The molecule has 0 aliphatic rings. The molecule has 8 nitrogen and oxygen atoms in total. The van der Waals surface area contributed by atoms with Gasteiger partial charge in [0.25, 0.3) is 0 Å². The lowest BCUT2D eigenvalue weighted by Gasteiger charge is -2.37. The highest BCUT2D eigenvalue weighted by Crippen LogP contribution is 2.18. The van der Waals surface area contributed by atoms with E-state index in [0.29, 0.717) is 11.0 Å². The molecule has 0 fully saturated rings. The van der Waals surface area contributed by atoms with Gasteiger partial charge in [-0.3, -0.25) is 4.79 Å². The topological polar surface area (TPSA) is 83.1 Å². The third kappa shape index (κ3) is 11.4. The lowest BCUT2D eigenvalue weighted by molar-refractivity contribution is -0.911. The summed E-state index contributed by atoms with van der Waals surface area (Å²) in [7, 11) is 6.90. The van der Waals surface area contributed by atoms with Gasteiger partial charge < -0.3 is 28.7 Å². The van der Waals surface area contributed by atoms with Crippen LogP contribution in [0.1, 0.15) is 36.0 Å². The number of nitrogens with one attached hydrogen (secondary N) is 1. The number of quaternary nitrogens is 1. The molecule has 0 spiro atoms. The second-order valence-corrected chi connectivity index (χ2v) is 10.8. The molecule has 0 aliphatic heterocycles. The number of carbonyl (C=O) groups is 2. The SMILES string of the molecule is COC(=O)C[C@H](C[N+](C)(CCCc1ccc(OC)cc1)CCCc1ccc(OC)cc1)NC(=O)OCc1ccccc1. The lowest BCUT2D eigenvalue weighted by Crippen LogP contribution is -2.55. The summed E-state index contributed by atoms with van der Waals surface area (Å²) in [6.07, 6.45) is 3.27. The maximum absolute atomic E-state index is 12.8. The zero-order valence-corrected chi connectivity index (χ0v) is 25.3. The van der Waals surface area contributed by atoms with Crippen molar-refractivity contribution in [2.75, 3.05) is 48.0 Å². The Labute approximate surface area is 250 Å². The number of alkyl carbamates (subject to hydrolysis) is 1. The molecule has 0 aliphatic carbocycles. The van der Waals surface area contributed by atoms with Crippen molar-refractivity contribution in [3.8, 4) is 11.5 Å². The lowest BCUT2D eigenvalue weighted by atomic mass is 10.1. The molecule has 3 aromatic carbocycles. The Morgan fingerprint density at radius 1 is 0.738 bits per heavy atom. The summed E-state index contributed by atoms with van der Waals surface area (Å²) in [5.41, 5.74) is 3.39. The Morgan fingerprint density at radius 2 is 1.26 bits per heavy atom. The van der Waals surface area contributed by atoms with Crippen LogP contribution in [0.15, 0.2) is 78.9 Å². The smallest absolute Gasteiger partial charge is 0.407 e. The van der Waals surface area contributed by atoms with E-state index in [0.717, 1.165) is 55.8 Å². The molecule has 1 N–H and O–H groups in total. The molecule has 0 heterocycles. The Bertz CT molecular complexity index is 1160. The number of hydrogen-bond acceptors (Lipinski definition) is 6. The number of esters is 1. The summed E-state index contributed by atoms with van der Waals surface area (Å²) in [4.78, 5) is 25.1. The monoisotopic (exact) mass is 577 g/mol. The van der Waals surface area contributed by atoms with E-state index in [9.17, 15) is 9.59 Å². The predicted molar refractivity (Wildman–Crippen MR) is 164 cm³/mol. The number of likely N-dealkylation sites (N-methyl/N-ethyl adjacent to an activating group) is 1. The van der Waals surface area contributed by atoms with Gasteiger partial charge in [-0.2, -0.15) is 0 Å². The minimum absolute atomic E-state index is 0.0712. The number of ether oxygens (including phenoxy) is 4. The number of benzene rings is 3. The fourth-order valence-electron chi connectivity index (χ4n) is 5.12. The summed E-state index contributed by atoms with van der Waals surface area (Å²) in [6.45, 7) is 2.49. The van der Waals surface area contributed by atoms with Crippen LogP contribution in [0.3, 0.4) is 0 Å². The van der Waals surface area contributed by atoms with E-state index >= 15 is 0 Å². The van der Waals surface area contributed by atoms with Crippen molar-refractivity contribution >= 4 is 12.1 Å². The first-order valence-electron chi connectivity index (χ1n) is 14.5. The maximum atomic E-state index is 12.8. The quantitative estimate of drug-likeness (QED) is 0.167. The van der Waals surface area contributed by atoms with Crippen LogP contribution in [-0.2, 0) is 33.7 Å². The van der Waals surface area contributed by atoms with Crippen LogP contribution in [0.2, 0.25) is 0 Å². The van der Waals surface area contributed by atoms with Crippen molar-refractivity contribution in [3.63, 3.8) is 0 Å². The number of nitrogens with zero attached hydrogens (tertiary/aromatic N) is 1. The Kier molecular flexibility index (Phi) is 13.2. The van der Waals surface area contributed by atoms with Gasteiger partial charge in [0.05, 0.1) is 60.5 Å².